The molecule has 0 aromatic carbocycles. The van der Waals surface area contributed by atoms with Crippen LogP contribution >= 0.6 is 11.6 Å². The Kier molecular flexibility index (Phi) is 4.72. The molecule has 6 nitrogen and oxygen atoms in total. The second-order valence-corrected chi connectivity index (χ2v) is 5.23. The third-order valence-electron chi connectivity index (χ3n) is 2.55. The van der Waals surface area contributed by atoms with Crippen molar-refractivity contribution in [3.05, 3.63) is 22.8 Å². The van der Waals surface area contributed by atoms with Crippen molar-refractivity contribution >= 4 is 29.3 Å². The first kappa shape index (κ1) is 15.2. The lowest BCUT2D eigenvalue weighted by Crippen LogP contribution is -2.32. The van der Waals surface area contributed by atoms with E-state index in [1.807, 2.05) is 13.8 Å². The van der Waals surface area contributed by atoms with Crippen LogP contribution in [0.3, 0.4) is 0 Å². The summed E-state index contributed by atoms with van der Waals surface area (Å²) in [5, 5.41) is 12.0. The Morgan fingerprint density at radius 1 is 1.53 bits per heavy atom. The zero-order chi connectivity index (χ0) is 14.6. The van der Waals surface area contributed by atoms with Crippen LogP contribution in [0.1, 0.15) is 37.0 Å². The summed E-state index contributed by atoms with van der Waals surface area (Å²) >= 11 is 5.99. The highest BCUT2D eigenvalue weighted by Crippen LogP contribution is 2.25. The number of nitrogens with two attached hydrogens (primary N) is 1. The van der Waals surface area contributed by atoms with Gasteiger partial charge < -0.3 is 16.2 Å². The molecule has 0 spiro atoms. The number of aromatic nitrogens is 1. The topological polar surface area (TPSA) is 105 Å². The van der Waals surface area contributed by atoms with E-state index in [9.17, 15) is 9.59 Å². The summed E-state index contributed by atoms with van der Waals surface area (Å²) in [6.07, 6.45) is 1.78. The van der Waals surface area contributed by atoms with Crippen LogP contribution in [0.15, 0.2) is 12.3 Å². The molecule has 0 saturated heterocycles. The normalized spacial score (nSPS) is 11.1. The summed E-state index contributed by atoms with van der Waals surface area (Å²) in [5.74, 6) is -1.08. The Morgan fingerprint density at radius 2 is 2.16 bits per heavy atom. The van der Waals surface area contributed by atoms with E-state index in [0.717, 1.165) is 0 Å². The number of carbonyl (C=O) groups excluding carboxylic acids is 1. The molecule has 4 N–H and O–H groups in total. The van der Waals surface area contributed by atoms with Gasteiger partial charge in [-0.15, -0.1) is 0 Å². The fourth-order valence-electron chi connectivity index (χ4n) is 1.47. The van der Waals surface area contributed by atoms with Gasteiger partial charge >= 0.3 is 5.97 Å². The monoisotopic (exact) mass is 285 g/mol. The highest BCUT2D eigenvalue weighted by molar-refractivity contribution is 6.33. The third-order valence-corrected chi connectivity index (χ3v) is 2.83. The van der Waals surface area contributed by atoms with Gasteiger partial charge in [0.15, 0.2) is 0 Å². The maximum absolute atomic E-state index is 11.0. The van der Waals surface area contributed by atoms with E-state index >= 15 is 0 Å². The first-order valence-corrected chi connectivity index (χ1v) is 6.04. The van der Waals surface area contributed by atoms with Crippen molar-refractivity contribution in [2.45, 2.75) is 32.2 Å². The highest BCUT2D eigenvalue weighted by Gasteiger charge is 2.21. The minimum Gasteiger partial charge on any atom is -0.481 e. The molecule has 1 heterocycles. The van der Waals surface area contributed by atoms with Gasteiger partial charge in [0.25, 0.3) is 0 Å². The average molecular weight is 286 g/mol. The number of carbonyl (C=O) groups is 2. The predicted octanol–water partition coefficient (Wildman–Crippen LogP) is 1.89. The van der Waals surface area contributed by atoms with Crippen molar-refractivity contribution in [3.8, 4) is 0 Å². The first-order valence-electron chi connectivity index (χ1n) is 5.66. The molecule has 1 aromatic rings. The number of nitrogens with one attached hydrogen (secondary N) is 1. The van der Waals surface area contributed by atoms with Gasteiger partial charge in [0.1, 0.15) is 5.82 Å². The Morgan fingerprint density at radius 3 is 2.63 bits per heavy atom. The van der Waals surface area contributed by atoms with E-state index in [0.29, 0.717) is 12.2 Å². The fraction of sp³-hybridized carbons (Fsp3) is 0.417. The maximum Gasteiger partial charge on any atom is 0.303 e. The van der Waals surface area contributed by atoms with Gasteiger partial charge in [0.2, 0.25) is 5.91 Å². The number of pyridine rings is 1. The molecule has 0 fully saturated rings. The van der Waals surface area contributed by atoms with Crippen LogP contribution in [0.5, 0.6) is 0 Å². The number of carboxylic acids is 1. The molecule has 0 unspecified atom stereocenters. The van der Waals surface area contributed by atoms with Gasteiger partial charge in [0, 0.05) is 18.2 Å². The van der Waals surface area contributed by atoms with E-state index in [-0.39, 0.29) is 17.0 Å². The number of nitrogens with zero attached hydrogens (tertiary/aromatic N) is 1. The summed E-state index contributed by atoms with van der Waals surface area (Å²) < 4.78 is 0. The Hall–Kier alpha value is -1.82. The second-order valence-electron chi connectivity index (χ2n) is 4.82. The van der Waals surface area contributed by atoms with E-state index in [2.05, 4.69) is 10.3 Å². The minimum absolute atomic E-state index is 0.0387. The van der Waals surface area contributed by atoms with Gasteiger partial charge in [-0.2, -0.15) is 0 Å². The molecule has 19 heavy (non-hydrogen) atoms. The lowest BCUT2D eigenvalue weighted by Gasteiger charge is -2.26. The third kappa shape index (κ3) is 4.75. The second kappa shape index (κ2) is 5.88. The van der Waals surface area contributed by atoms with Gasteiger partial charge in [-0.3, -0.25) is 9.59 Å². The van der Waals surface area contributed by atoms with Crippen molar-refractivity contribution < 1.29 is 14.7 Å². The number of halogens is 1. The summed E-state index contributed by atoms with van der Waals surface area (Å²) in [6, 6.07) is 1.42. The number of hydrogen-bond donors (Lipinski definition) is 3. The Labute approximate surface area is 116 Å². The largest absolute Gasteiger partial charge is 0.481 e. The van der Waals surface area contributed by atoms with Gasteiger partial charge in [-0.1, -0.05) is 11.6 Å². The van der Waals surface area contributed by atoms with Gasteiger partial charge in [-0.25, -0.2) is 4.98 Å². The first-order chi connectivity index (χ1) is 8.71. The lowest BCUT2D eigenvalue weighted by molar-refractivity contribution is -0.137. The van der Waals surface area contributed by atoms with E-state index in [1.54, 1.807) is 0 Å². The lowest BCUT2D eigenvalue weighted by atomic mass is 9.98. The summed E-state index contributed by atoms with van der Waals surface area (Å²) in [4.78, 5) is 25.5. The molecule has 0 aliphatic carbocycles. The van der Waals surface area contributed by atoms with Crippen LogP contribution in [0.2, 0.25) is 5.02 Å². The van der Waals surface area contributed by atoms with Crippen LogP contribution in [-0.4, -0.2) is 27.5 Å². The molecule has 0 aliphatic heterocycles. The molecule has 0 bridgehead atoms. The molecule has 1 rings (SSSR count). The van der Waals surface area contributed by atoms with Crippen LogP contribution < -0.4 is 11.1 Å². The minimum atomic E-state index is -0.863. The Bertz CT molecular complexity index is 503. The number of anilines is 1. The standard InChI is InChI=1S/C12H16ClN3O3/c1-12(2,4-3-9(17)18)16-11-8(13)5-7(6-15-11)10(14)19/h5-6H,3-4H2,1-2H3,(H2,14,19)(H,15,16)(H,17,18). The molecule has 0 radical (unpaired) electrons. The average Bonchev–Trinajstić information content (AvgIpc) is 2.29. The smallest absolute Gasteiger partial charge is 0.303 e. The highest BCUT2D eigenvalue weighted by atomic mass is 35.5. The van der Waals surface area contributed by atoms with E-state index in [1.165, 1.54) is 12.3 Å². The molecule has 7 heteroatoms. The van der Waals surface area contributed by atoms with Gasteiger partial charge in [-0.05, 0) is 26.3 Å². The van der Waals surface area contributed by atoms with Gasteiger partial charge in [0.05, 0.1) is 10.6 Å². The zero-order valence-electron chi connectivity index (χ0n) is 10.7. The summed E-state index contributed by atoms with van der Waals surface area (Å²) in [6.45, 7) is 3.69. The molecular formula is C12H16ClN3O3. The number of amides is 1. The summed E-state index contributed by atoms with van der Waals surface area (Å²) in [7, 11) is 0. The Balaban J connectivity index is 2.81. The summed E-state index contributed by atoms with van der Waals surface area (Å²) in [5.41, 5.74) is 4.86. The number of primary amides is 1. The molecular weight excluding hydrogens is 270 g/mol. The SMILES string of the molecule is CC(C)(CCC(=O)O)Nc1ncc(C(N)=O)cc1Cl. The quantitative estimate of drug-likeness (QED) is 0.740. The number of rotatable bonds is 6. The predicted molar refractivity (Wildman–Crippen MR) is 72.3 cm³/mol. The van der Waals surface area contributed by atoms with E-state index in [4.69, 9.17) is 22.4 Å². The van der Waals surface area contributed by atoms with Crippen molar-refractivity contribution in [1.82, 2.24) is 4.98 Å². The fourth-order valence-corrected chi connectivity index (χ4v) is 1.68. The molecule has 0 aliphatic rings. The van der Waals surface area contributed by atoms with Crippen molar-refractivity contribution in [2.75, 3.05) is 5.32 Å². The molecule has 0 saturated carbocycles. The van der Waals surface area contributed by atoms with Crippen LogP contribution in [0.25, 0.3) is 0 Å². The molecule has 1 amide bonds. The van der Waals surface area contributed by atoms with Crippen LogP contribution in [0, 0.1) is 0 Å². The van der Waals surface area contributed by atoms with E-state index < -0.39 is 17.4 Å². The van der Waals surface area contributed by atoms with Crippen molar-refractivity contribution in [2.24, 2.45) is 5.73 Å². The maximum atomic E-state index is 11.0. The number of hydrogen-bond acceptors (Lipinski definition) is 4. The molecule has 0 atom stereocenters. The number of carboxylic acid groups (broad SMARTS) is 1. The van der Waals surface area contributed by atoms with Crippen LogP contribution in [-0.2, 0) is 4.79 Å². The van der Waals surface area contributed by atoms with Crippen LogP contribution in [0.4, 0.5) is 5.82 Å². The molecule has 104 valence electrons. The zero-order valence-corrected chi connectivity index (χ0v) is 11.5. The van der Waals surface area contributed by atoms with Crippen molar-refractivity contribution in [3.63, 3.8) is 0 Å². The molecule has 1 aromatic heterocycles. The van der Waals surface area contributed by atoms with Crippen molar-refractivity contribution in [1.29, 1.82) is 0 Å². The number of aliphatic carboxylic acids is 1.